The molecule has 2 rings (SSSR count). The summed E-state index contributed by atoms with van der Waals surface area (Å²) in [6.07, 6.45) is 0. The Labute approximate surface area is 148 Å². The van der Waals surface area contributed by atoms with Crippen LogP contribution in [0.4, 0.5) is 4.39 Å². The van der Waals surface area contributed by atoms with E-state index in [0.29, 0.717) is 22.2 Å². The van der Waals surface area contributed by atoms with Gasteiger partial charge in [0.15, 0.2) is 6.61 Å². The molecule has 2 aromatic rings. The second-order valence-corrected chi connectivity index (χ2v) is 6.48. The number of likely N-dealkylation sites (N-methyl/N-ethyl adjacent to an activating group) is 1. The van der Waals surface area contributed by atoms with Gasteiger partial charge in [0.25, 0.3) is 5.91 Å². The number of hydrogen-bond acceptors (Lipinski definition) is 5. The molecule has 2 N–H and O–H groups in total. The Kier molecular flexibility index (Phi) is 6.08. The number of rotatable bonds is 6. The van der Waals surface area contributed by atoms with E-state index in [2.05, 4.69) is 10.6 Å². The minimum atomic E-state index is -0.730. The predicted octanol–water partition coefficient (Wildman–Crippen LogP) is 2.15. The molecule has 1 heterocycles. The highest BCUT2D eigenvalue weighted by Gasteiger charge is 2.21. The lowest BCUT2D eigenvalue weighted by Gasteiger charge is -2.13. The van der Waals surface area contributed by atoms with Gasteiger partial charge in [-0.2, -0.15) is 0 Å². The van der Waals surface area contributed by atoms with Crippen molar-refractivity contribution in [2.45, 2.75) is 26.8 Å². The molecule has 0 spiro atoms. The van der Waals surface area contributed by atoms with E-state index in [1.54, 1.807) is 26.0 Å². The molecule has 0 unspecified atom stereocenters. The number of nitrogens with one attached hydrogen (secondary N) is 2. The highest BCUT2D eigenvalue weighted by atomic mass is 32.1. The summed E-state index contributed by atoms with van der Waals surface area (Å²) in [5.41, 5.74) is 0.485. The fraction of sp³-hybridized carbons (Fsp3) is 0.353. The number of ether oxygens (including phenoxy) is 1. The number of halogens is 1. The van der Waals surface area contributed by atoms with E-state index in [1.807, 2.05) is 0 Å². The summed E-state index contributed by atoms with van der Waals surface area (Å²) in [5, 5.41) is 5.39. The van der Waals surface area contributed by atoms with Crippen molar-refractivity contribution in [3.8, 4) is 0 Å². The van der Waals surface area contributed by atoms with Crippen LogP contribution in [0.15, 0.2) is 18.2 Å². The largest absolute Gasteiger partial charge is 0.451 e. The van der Waals surface area contributed by atoms with Gasteiger partial charge in [-0.15, -0.1) is 11.3 Å². The van der Waals surface area contributed by atoms with E-state index in [1.165, 1.54) is 13.0 Å². The summed E-state index contributed by atoms with van der Waals surface area (Å²) in [6, 6.07) is 3.88. The first-order valence-electron chi connectivity index (χ1n) is 7.77. The maximum Gasteiger partial charge on any atom is 0.349 e. The van der Waals surface area contributed by atoms with Crippen molar-refractivity contribution in [3.05, 3.63) is 34.5 Å². The third kappa shape index (κ3) is 4.33. The van der Waals surface area contributed by atoms with E-state index >= 15 is 0 Å². The van der Waals surface area contributed by atoms with E-state index in [-0.39, 0.29) is 10.8 Å². The highest BCUT2D eigenvalue weighted by molar-refractivity contribution is 7.21. The van der Waals surface area contributed by atoms with Crippen LogP contribution in [0.3, 0.4) is 0 Å². The van der Waals surface area contributed by atoms with Gasteiger partial charge in [0.05, 0.1) is 0 Å². The molecule has 0 aliphatic carbocycles. The molecule has 0 radical (unpaired) electrons. The molecule has 8 heteroatoms. The Morgan fingerprint density at radius 2 is 2.04 bits per heavy atom. The Bertz CT molecular complexity index is 818. The lowest BCUT2D eigenvalue weighted by Crippen LogP contribution is -2.46. The van der Waals surface area contributed by atoms with Crippen molar-refractivity contribution in [1.82, 2.24) is 10.6 Å². The van der Waals surface area contributed by atoms with Gasteiger partial charge in [0.1, 0.15) is 16.7 Å². The van der Waals surface area contributed by atoms with Crippen LogP contribution in [-0.2, 0) is 14.3 Å². The molecule has 0 aliphatic rings. The summed E-state index contributed by atoms with van der Waals surface area (Å²) in [7, 11) is 0. The molecule has 0 aliphatic heterocycles. The third-order valence-electron chi connectivity index (χ3n) is 3.54. The fourth-order valence-electron chi connectivity index (χ4n) is 2.32. The molecule has 1 atom stereocenters. The van der Waals surface area contributed by atoms with E-state index in [0.717, 1.165) is 11.3 Å². The van der Waals surface area contributed by atoms with Crippen molar-refractivity contribution in [2.24, 2.45) is 0 Å². The zero-order chi connectivity index (χ0) is 18.6. The molecule has 1 aromatic heterocycles. The third-order valence-corrected chi connectivity index (χ3v) is 4.78. The van der Waals surface area contributed by atoms with Crippen LogP contribution in [0.1, 0.15) is 29.1 Å². The minimum absolute atomic E-state index is 0.254. The average molecular weight is 366 g/mol. The second kappa shape index (κ2) is 8.06. The van der Waals surface area contributed by atoms with Gasteiger partial charge >= 0.3 is 5.97 Å². The number of hydrogen-bond donors (Lipinski definition) is 2. The second-order valence-electron chi connectivity index (χ2n) is 5.43. The van der Waals surface area contributed by atoms with Gasteiger partial charge in [-0.25, -0.2) is 9.18 Å². The van der Waals surface area contributed by atoms with Crippen LogP contribution in [0, 0.1) is 12.7 Å². The Morgan fingerprint density at radius 3 is 2.68 bits per heavy atom. The number of fused-ring (bicyclic) bond motifs is 1. The smallest absolute Gasteiger partial charge is 0.349 e. The molecule has 0 fully saturated rings. The molecule has 1 aromatic carbocycles. The fourth-order valence-corrected chi connectivity index (χ4v) is 3.44. The van der Waals surface area contributed by atoms with E-state index in [4.69, 9.17) is 4.74 Å². The highest BCUT2D eigenvalue weighted by Crippen LogP contribution is 2.32. The Morgan fingerprint density at radius 1 is 1.32 bits per heavy atom. The summed E-state index contributed by atoms with van der Waals surface area (Å²) in [4.78, 5) is 35.8. The van der Waals surface area contributed by atoms with Gasteiger partial charge in [-0.1, -0.05) is 6.07 Å². The van der Waals surface area contributed by atoms with Crippen LogP contribution in [0.5, 0.6) is 0 Å². The SMILES string of the molecule is CCNC(=O)[C@H](C)NC(=O)COC(=O)c1sc2cccc(F)c2c1C. The van der Waals surface area contributed by atoms with Crippen LogP contribution in [0.25, 0.3) is 10.1 Å². The van der Waals surface area contributed by atoms with Gasteiger partial charge in [-0.05, 0) is 38.5 Å². The number of carbonyl (C=O) groups excluding carboxylic acids is 3. The van der Waals surface area contributed by atoms with Crippen LogP contribution in [0.2, 0.25) is 0 Å². The number of carbonyl (C=O) groups is 3. The molecule has 0 saturated heterocycles. The topological polar surface area (TPSA) is 84.5 Å². The van der Waals surface area contributed by atoms with Crippen LogP contribution in [-0.4, -0.2) is 37.0 Å². The molecular formula is C17H19FN2O4S. The van der Waals surface area contributed by atoms with Crippen molar-refractivity contribution < 1.29 is 23.5 Å². The maximum atomic E-state index is 13.9. The van der Waals surface area contributed by atoms with Gasteiger partial charge in [0, 0.05) is 16.6 Å². The van der Waals surface area contributed by atoms with E-state index in [9.17, 15) is 18.8 Å². The summed E-state index contributed by atoms with van der Waals surface area (Å²) in [6.45, 7) is 4.87. The number of esters is 1. The summed E-state index contributed by atoms with van der Waals surface area (Å²) < 4.78 is 19.5. The van der Waals surface area contributed by atoms with Crippen molar-refractivity contribution in [1.29, 1.82) is 0 Å². The Hall–Kier alpha value is -2.48. The van der Waals surface area contributed by atoms with Gasteiger partial charge in [-0.3, -0.25) is 9.59 Å². The predicted molar refractivity (Wildman–Crippen MR) is 93.1 cm³/mol. The summed E-state index contributed by atoms with van der Waals surface area (Å²) >= 11 is 1.11. The monoisotopic (exact) mass is 366 g/mol. The maximum absolute atomic E-state index is 13.9. The number of amides is 2. The number of thiophene rings is 1. The summed E-state index contributed by atoms with van der Waals surface area (Å²) in [5.74, 6) is -2.01. The molecule has 134 valence electrons. The Balaban J connectivity index is 1.99. The number of aryl methyl sites for hydroxylation is 1. The van der Waals surface area contributed by atoms with Gasteiger partial charge < -0.3 is 15.4 Å². The number of benzene rings is 1. The molecule has 0 saturated carbocycles. The van der Waals surface area contributed by atoms with Crippen molar-refractivity contribution in [2.75, 3.05) is 13.2 Å². The van der Waals surface area contributed by atoms with Crippen molar-refractivity contribution >= 4 is 39.2 Å². The first-order chi connectivity index (χ1) is 11.8. The van der Waals surface area contributed by atoms with Crippen LogP contribution >= 0.6 is 11.3 Å². The van der Waals surface area contributed by atoms with E-state index < -0.39 is 30.3 Å². The van der Waals surface area contributed by atoms with Crippen LogP contribution < -0.4 is 10.6 Å². The zero-order valence-corrected chi connectivity index (χ0v) is 15.0. The molecule has 0 bridgehead atoms. The quantitative estimate of drug-likeness (QED) is 0.767. The lowest BCUT2D eigenvalue weighted by atomic mass is 10.1. The minimum Gasteiger partial charge on any atom is -0.451 e. The normalized spacial score (nSPS) is 11.8. The lowest BCUT2D eigenvalue weighted by molar-refractivity contribution is -0.130. The van der Waals surface area contributed by atoms with Gasteiger partial charge in [0.2, 0.25) is 5.91 Å². The molecule has 2 amide bonds. The molecule has 6 nitrogen and oxygen atoms in total. The average Bonchev–Trinajstić information content (AvgIpc) is 2.91. The first kappa shape index (κ1) is 18.9. The first-order valence-corrected chi connectivity index (χ1v) is 8.58. The molecular weight excluding hydrogens is 347 g/mol. The van der Waals surface area contributed by atoms with Crippen molar-refractivity contribution in [3.63, 3.8) is 0 Å². The molecule has 25 heavy (non-hydrogen) atoms. The standard InChI is InChI=1S/C17H19FN2O4S/c1-4-19-16(22)10(3)20-13(21)8-24-17(23)15-9(2)14-11(18)6-5-7-12(14)25-15/h5-7,10H,4,8H2,1-3H3,(H,19,22)(H,20,21)/t10-/m0/s1. The zero-order valence-electron chi connectivity index (χ0n) is 14.1.